The normalized spacial score (nSPS) is 10.7. The highest BCUT2D eigenvalue weighted by molar-refractivity contribution is 6.29. The number of carbonyl (C=O) groups is 2. The maximum Gasteiger partial charge on any atom is 0.426 e. The zero-order valence-corrected chi connectivity index (χ0v) is 10.9. The molecule has 0 unspecified atom stereocenters. The quantitative estimate of drug-likeness (QED) is 0.752. The summed E-state index contributed by atoms with van der Waals surface area (Å²) in [6, 6.07) is 0. The smallest absolute Gasteiger partial charge is 0.426 e. The Morgan fingerprint density at radius 1 is 1.22 bits per heavy atom. The van der Waals surface area contributed by atoms with Crippen molar-refractivity contribution in [2.75, 3.05) is 0 Å². The number of hydrogen-bond acceptors (Lipinski definition) is 5. The minimum absolute atomic E-state index is 0.0236. The van der Waals surface area contributed by atoms with Crippen LogP contribution in [0.2, 0.25) is 5.15 Å². The molecule has 0 saturated carbocycles. The molecule has 98 valence electrons. The molecule has 0 aromatic carbocycles. The molecule has 2 amide bonds. The van der Waals surface area contributed by atoms with Gasteiger partial charge in [-0.15, -0.1) is 0 Å². The van der Waals surface area contributed by atoms with E-state index in [0.29, 0.717) is 0 Å². The fourth-order valence-electron chi connectivity index (χ4n) is 0.905. The molecule has 0 atom stereocenters. The van der Waals surface area contributed by atoms with Crippen LogP contribution < -0.4 is 10.9 Å². The van der Waals surface area contributed by atoms with Crippen LogP contribution in [0.15, 0.2) is 12.4 Å². The summed E-state index contributed by atoms with van der Waals surface area (Å²) in [6.07, 6.45) is 1.65. The Labute approximate surface area is 109 Å². The van der Waals surface area contributed by atoms with Crippen molar-refractivity contribution in [3.8, 4) is 0 Å². The average molecular weight is 273 g/mol. The zero-order chi connectivity index (χ0) is 13.8. The molecule has 1 aromatic heterocycles. The number of hydrazine groups is 1. The summed E-state index contributed by atoms with van der Waals surface area (Å²) in [5.74, 6) is -0.620. The van der Waals surface area contributed by atoms with Crippen molar-refractivity contribution in [3.05, 3.63) is 23.2 Å². The van der Waals surface area contributed by atoms with Gasteiger partial charge in [0.25, 0.3) is 5.91 Å². The molecule has 0 saturated heterocycles. The molecule has 0 aliphatic rings. The molecule has 18 heavy (non-hydrogen) atoms. The summed E-state index contributed by atoms with van der Waals surface area (Å²) >= 11 is 5.52. The van der Waals surface area contributed by atoms with Crippen molar-refractivity contribution >= 4 is 23.6 Å². The van der Waals surface area contributed by atoms with Crippen molar-refractivity contribution in [1.82, 2.24) is 20.8 Å². The van der Waals surface area contributed by atoms with Crippen LogP contribution in [0.3, 0.4) is 0 Å². The Morgan fingerprint density at radius 3 is 2.39 bits per heavy atom. The second kappa shape index (κ2) is 5.63. The average Bonchev–Trinajstić information content (AvgIpc) is 2.24. The Bertz CT molecular complexity index is 441. The molecule has 0 aliphatic carbocycles. The summed E-state index contributed by atoms with van der Waals surface area (Å²) < 4.78 is 4.92. The molecule has 0 aliphatic heterocycles. The number of amides is 2. The van der Waals surface area contributed by atoms with E-state index in [1.807, 2.05) is 0 Å². The van der Waals surface area contributed by atoms with Gasteiger partial charge in [-0.05, 0) is 20.8 Å². The number of hydrogen-bond donors (Lipinski definition) is 2. The van der Waals surface area contributed by atoms with Crippen molar-refractivity contribution in [2.24, 2.45) is 0 Å². The first-order valence-electron chi connectivity index (χ1n) is 5.05. The molecule has 0 spiro atoms. The van der Waals surface area contributed by atoms with Crippen molar-refractivity contribution in [1.29, 1.82) is 0 Å². The van der Waals surface area contributed by atoms with Gasteiger partial charge in [-0.3, -0.25) is 10.2 Å². The van der Waals surface area contributed by atoms with Gasteiger partial charge in [0, 0.05) is 0 Å². The Kier molecular flexibility index (Phi) is 4.43. The van der Waals surface area contributed by atoms with Gasteiger partial charge in [-0.25, -0.2) is 20.2 Å². The second-order valence-corrected chi connectivity index (χ2v) is 4.69. The van der Waals surface area contributed by atoms with Gasteiger partial charge in [0.15, 0.2) is 0 Å². The Balaban J connectivity index is 2.47. The predicted molar refractivity (Wildman–Crippen MR) is 63.9 cm³/mol. The lowest BCUT2D eigenvalue weighted by Crippen LogP contribution is -2.44. The Hall–Kier alpha value is -1.89. The van der Waals surface area contributed by atoms with E-state index < -0.39 is 17.6 Å². The molecule has 7 nitrogen and oxygen atoms in total. The number of rotatable bonds is 1. The van der Waals surface area contributed by atoms with E-state index in [2.05, 4.69) is 20.8 Å². The van der Waals surface area contributed by atoms with Crippen molar-refractivity contribution in [2.45, 2.75) is 26.4 Å². The van der Waals surface area contributed by atoms with Crippen molar-refractivity contribution < 1.29 is 14.3 Å². The number of nitrogens with one attached hydrogen (secondary N) is 2. The minimum Gasteiger partial charge on any atom is -0.443 e. The van der Waals surface area contributed by atoms with E-state index >= 15 is 0 Å². The molecule has 0 radical (unpaired) electrons. The standard InChI is InChI=1S/C10H13ClN4O3/c1-10(2,3)18-9(17)15-14-8(16)6-4-13-7(11)5-12-6/h4-5H,1-3H3,(H,14,16)(H,15,17). The van der Waals surface area contributed by atoms with Gasteiger partial charge >= 0.3 is 6.09 Å². The maximum absolute atomic E-state index is 11.5. The first-order valence-corrected chi connectivity index (χ1v) is 5.42. The van der Waals surface area contributed by atoms with E-state index in [1.54, 1.807) is 20.8 Å². The molecule has 0 fully saturated rings. The summed E-state index contributed by atoms with van der Waals surface area (Å²) in [5.41, 5.74) is 3.60. The number of nitrogens with zero attached hydrogens (tertiary/aromatic N) is 2. The summed E-state index contributed by atoms with van der Waals surface area (Å²) in [7, 11) is 0. The molecular formula is C10H13ClN4O3. The third kappa shape index (κ3) is 4.96. The third-order valence-electron chi connectivity index (χ3n) is 1.53. The summed E-state index contributed by atoms with van der Waals surface area (Å²) in [4.78, 5) is 30.2. The summed E-state index contributed by atoms with van der Waals surface area (Å²) in [6.45, 7) is 5.12. The van der Waals surface area contributed by atoms with Crippen LogP contribution in [-0.4, -0.2) is 27.6 Å². The minimum atomic E-state index is -0.766. The monoisotopic (exact) mass is 272 g/mol. The highest BCUT2D eigenvalue weighted by Gasteiger charge is 2.17. The van der Waals surface area contributed by atoms with Gasteiger partial charge in [0.05, 0.1) is 12.4 Å². The van der Waals surface area contributed by atoms with E-state index in [9.17, 15) is 9.59 Å². The van der Waals surface area contributed by atoms with Gasteiger partial charge in [-0.1, -0.05) is 11.6 Å². The lowest BCUT2D eigenvalue weighted by atomic mass is 10.2. The molecule has 1 aromatic rings. The van der Waals surface area contributed by atoms with Gasteiger partial charge in [-0.2, -0.15) is 0 Å². The molecular weight excluding hydrogens is 260 g/mol. The molecule has 0 bridgehead atoms. The van der Waals surface area contributed by atoms with Gasteiger partial charge < -0.3 is 4.74 Å². The fraction of sp³-hybridized carbons (Fsp3) is 0.400. The number of halogens is 1. The van der Waals surface area contributed by atoms with Crippen LogP contribution in [0.25, 0.3) is 0 Å². The van der Waals surface area contributed by atoms with E-state index in [1.165, 1.54) is 12.4 Å². The first-order chi connectivity index (χ1) is 8.28. The SMILES string of the molecule is CC(C)(C)OC(=O)NNC(=O)c1cnc(Cl)cn1. The summed E-state index contributed by atoms with van der Waals surface area (Å²) in [5, 5.41) is 0.173. The molecule has 1 rings (SSSR count). The zero-order valence-electron chi connectivity index (χ0n) is 10.2. The highest BCUT2D eigenvalue weighted by atomic mass is 35.5. The first kappa shape index (κ1) is 14.2. The lowest BCUT2D eigenvalue weighted by Gasteiger charge is -2.19. The van der Waals surface area contributed by atoms with E-state index in [0.717, 1.165) is 0 Å². The number of aromatic nitrogens is 2. The molecule has 1 heterocycles. The second-order valence-electron chi connectivity index (χ2n) is 4.31. The number of ether oxygens (including phenoxy) is 1. The topological polar surface area (TPSA) is 93.2 Å². The van der Waals surface area contributed by atoms with Gasteiger partial charge in [0.2, 0.25) is 0 Å². The largest absolute Gasteiger partial charge is 0.443 e. The maximum atomic E-state index is 11.5. The lowest BCUT2D eigenvalue weighted by molar-refractivity contribution is 0.0483. The van der Waals surface area contributed by atoms with Crippen LogP contribution in [-0.2, 0) is 4.74 Å². The fourth-order valence-corrected chi connectivity index (χ4v) is 1.00. The van der Waals surface area contributed by atoms with Crippen LogP contribution in [0.5, 0.6) is 0 Å². The number of carbonyl (C=O) groups excluding carboxylic acids is 2. The Morgan fingerprint density at radius 2 is 1.89 bits per heavy atom. The van der Waals surface area contributed by atoms with Gasteiger partial charge in [0.1, 0.15) is 16.4 Å². The third-order valence-corrected chi connectivity index (χ3v) is 1.73. The van der Waals surface area contributed by atoms with Crippen LogP contribution in [0, 0.1) is 0 Å². The van der Waals surface area contributed by atoms with Crippen LogP contribution >= 0.6 is 11.6 Å². The predicted octanol–water partition coefficient (Wildman–Crippen LogP) is 1.30. The molecule has 8 heteroatoms. The molecule has 2 N–H and O–H groups in total. The van der Waals surface area contributed by atoms with Crippen LogP contribution in [0.1, 0.15) is 31.3 Å². The van der Waals surface area contributed by atoms with Crippen LogP contribution in [0.4, 0.5) is 4.79 Å². The highest BCUT2D eigenvalue weighted by Crippen LogP contribution is 2.06. The van der Waals surface area contributed by atoms with Crippen molar-refractivity contribution in [3.63, 3.8) is 0 Å². The van der Waals surface area contributed by atoms with E-state index in [-0.39, 0.29) is 10.8 Å². The van der Waals surface area contributed by atoms with E-state index in [4.69, 9.17) is 16.3 Å².